The van der Waals surface area contributed by atoms with Gasteiger partial charge in [0, 0.05) is 6.04 Å². The van der Waals surface area contributed by atoms with Gasteiger partial charge in [0.15, 0.2) is 23.0 Å². The first-order chi connectivity index (χ1) is 26.4. The molecule has 1 saturated carbocycles. The Morgan fingerprint density at radius 1 is 0.618 bits per heavy atom. The molecule has 1 aliphatic heterocycles. The fourth-order valence-electron chi connectivity index (χ4n) is 6.50. The van der Waals surface area contributed by atoms with Crippen LogP contribution in [0.5, 0.6) is 23.0 Å². The Hall–Kier alpha value is -5.54. The highest BCUT2D eigenvalue weighted by Gasteiger charge is 2.19. The molecule has 1 N–H and O–H groups in total. The molecule has 2 aliphatic rings. The van der Waals surface area contributed by atoms with Gasteiger partial charge in [-0.15, -0.1) is 0 Å². The SMILES string of the molecule is C.COC(=O)c1cc(OC)c(OCc2ccccc2)cc1/C=C\C1CCCC1.COC(=O)c1cc(OC)c(OCc2ccccc2)cc1/C=C\[C@@H]1CCCN1. The lowest BCUT2D eigenvalue weighted by Gasteiger charge is -2.14. The average Bonchev–Trinajstić information content (AvgIpc) is 3.96. The zero-order valence-corrected chi connectivity index (χ0v) is 31.7. The smallest absolute Gasteiger partial charge is 0.338 e. The number of hydrogen-bond donors (Lipinski definition) is 1. The zero-order chi connectivity index (χ0) is 38.1. The van der Waals surface area contributed by atoms with Crippen LogP contribution in [0.4, 0.5) is 0 Å². The third-order valence-electron chi connectivity index (χ3n) is 9.51. The Morgan fingerprint density at radius 3 is 1.51 bits per heavy atom. The standard InChI is InChI=1S/C23H26O4.C22H25NO4.CH4/c1-25-21-15-20(23(24)26-2)19(13-12-17-8-6-7-9-17)14-22(21)27-16-18-10-4-3-5-11-18;1-25-20-14-19(22(24)26-2)17(10-11-18-9-6-12-23-18)13-21(20)27-15-16-7-4-3-5-8-16;/h3-5,10-15,17H,6-9,16H2,1-2H3;3-5,7-8,10-11,13-14,18,23H,6,9,12,15H2,1-2H3;1H4/b13-12-;11-10-;/t;18-;/m.0./s1. The van der Waals surface area contributed by atoms with E-state index in [0.717, 1.165) is 41.6 Å². The quantitative estimate of drug-likeness (QED) is 0.126. The minimum Gasteiger partial charge on any atom is -0.493 e. The van der Waals surface area contributed by atoms with E-state index in [1.165, 1.54) is 39.9 Å². The lowest BCUT2D eigenvalue weighted by Crippen LogP contribution is -2.18. The fourth-order valence-corrected chi connectivity index (χ4v) is 6.50. The Balaban J connectivity index is 0.000000240. The number of allylic oxidation sites excluding steroid dienone is 1. The maximum atomic E-state index is 12.2. The lowest BCUT2D eigenvalue weighted by molar-refractivity contribution is 0.0591. The number of carbonyl (C=O) groups is 2. The van der Waals surface area contributed by atoms with E-state index in [0.29, 0.717) is 59.3 Å². The predicted octanol–water partition coefficient (Wildman–Crippen LogP) is 9.73. The molecule has 1 saturated heterocycles. The van der Waals surface area contributed by atoms with Crippen molar-refractivity contribution in [2.24, 2.45) is 5.92 Å². The first-order valence-electron chi connectivity index (χ1n) is 18.5. The van der Waals surface area contributed by atoms with Crippen LogP contribution in [0.1, 0.15) is 88.9 Å². The molecule has 0 unspecified atom stereocenters. The van der Waals surface area contributed by atoms with Gasteiger partial charge >= 0.3 is 11.9 Å². The predicted molar refractivity (Wildman–Crippen MR) is 218 cm³/mol. The average molecular weight is 750 g/mol. The summed E-state index contributed by atoms with van der Waals surface area (Å²) in [5.74, 6) is 2.02. The molecular formula is C46H55NO8. The van der Waals surface area contributed by atoms with Crippen LogP contribution in [0, 0.1) is 5.92 Å². The van der Waals surface area contributed by atoms with Crippen molar-refractivity contribution in [1.82, 2.24) is 5.32 Å². The summed E-state index contributed by atoms with van der Waals surface area (Å²) in [6.45, 7) is 1.87. The minimum atomic E-state index is -0.401. The van der Waals surface area contributed by atoms with Crippen LogP contribution in [0.2, 0.25) is 0 Å². The van der Waals surface area contributed by atoms with Crippen LogP contribution in [0.3, 0.4) is 0 Å². The van der Waals surface area contributed by atoms with Gasteiger partial charge in [-0.2, -0.15) is 0 Å². The molecular weight excluding hydrogens is 695 g/mol. The van der Waals surface area contributed by atoms with Crippen molar-refractivity contribution in [3.8, 4) is 23.0 Å². The lowest BCUT2D eigenvalue weighted by atomic mass is 10.0. The fraction of sp³-hybridized carbons (Fsp3) is 0.348. The normalized spacial score (nSPS) is 15.2. The largest absolute Gasteiger partial charge is 0.493 e. The molecule has 4 aromatic rings. The highest BCUT2D eigenvalue weighted by Crippen LogP contribution is 2.35. The van der Waals surface area contributed by atoms with Crippen LogP contribution in [-0.4, -0.2) is 53.0 Å². The molecule has 1 atom stereocenters. The van der Waals surface area contributed by atoms with Gasteiger partial charge in [-0.05, 0) is 84.7 Å². The van der Waals surface area contributed by atoms with Gasteiger partial charge in [-0.3, -0.25) is 0 Å². The van der Waals surface area contributed by atoms with E-state index >= 15 is 0 Å². The van der Waals surface area contributed by atoms with Crippen LogP contribution in [0.25, 0.3) is 12.2 Å². The van der Waals surface area contributed by atoms with Crippen LogP contribution < -0.4 is 24.3 Å². The van der Waals surface area contributed by atoms with Crippen molar-refractivity contribution in [2.75, 3.05) is 35.0 Å². The highest BCUT2D eigenvalue weighted by molar-refractivity contribution is 5.95. The van der Waals surface area contributed by atoms with Crippen molar-refractivity contribution < 1.29 is 38.0 Å². The van der Waals surface area contributed by atoms with Crippen molar-refractivity contribution in [1.29, 1.82) is 0 Å². The Bertz CT molecular complexity index is 1720. The molecule has 292 valence electrons. The zero-order valence-electron chi connectivity index (χ0n) is 31.7. The van der Waals surface area contributed by atoms with E-state index in [2.05, 4.69) is 17.5 Å². The summed E-state index contributed by atoms with van der Waals surface area (Å²) in [5.41, 5.74) is 4.60. The molecule has 1 heterocycles. The van der Waals surface area contributed by atoms with E-state index in [-0.39, 0.29) is 13.4 Å². The summed E-state index contributed by atoms with van der Waals surface area (Å²) < 4.78 is 32.7. The van der Waals surface area contributed by atoms with Crippen molar-refractivity contribution in [2.45, 2.75) is 65.2 Å². The molecule has 9 nitrogen and oxygen atoms in total. The third-order valence-corrected chi connectivity index (χ3v) is 9.51. The summed E-state index contributed by atoms with van der Waals surface area (Å²) in [4.78, 5) is 24.5. The molecule has 1 aliphatic carbocycles. The summed E-state index contributed by atoms with van der Waals surface area (Å²) in [6, 6.07) is 27.3. The number of methoxy groups -OCH3 is 4. The van der Waals surface area contributed by atoms with Gasteiger partial charge in [-0.25, -0.2) is 9.59 Å². The van der Waals surface area contributed by atoms with Gasteiger partial charge in [0.2, 0.25) is 0 Å². The molecule has 0 amide bonds. The van der Waals surface area contributed by atoms with Crippen molar-refractivity contribution >= 4 is 24.1 Å². The van der Waals surface area contributed by atoms with E-state index in [1.807, 2.05) is 84.9 Å². The highest BCUT2D eigenvalue weighted by atomic mass is 16.5. The molecule has 4 aromatic carbocycles. The summed E-state index contributed by atoms with van der Waals surface area (Å²) in [7, 11) is 5.89. The second-order valence-corrected chi connectivity index (χ2v) is 13.2. The molecule has 6 rings (SSSR count). The van der Waals surface area contributed by atoms with E-state index < -0.39 is 5.97 Å². The number of carbonyl (C=O) groups excluding carboxylic acids is 2. The Labute approximate surface area is 326 Å². The molecule has 0 radical (unpaired) electrons. The molecule has 2 fully saturated rings. The maximum absolute atomic E-state index is 12.2. The Morgan fingerprint density at radius 2 is 1.09 bits per heavy atom. The Kier molecular flexibility index (Phi) is 16.9. The van der Waals surface area contributed by atoms with Gasteiger partial charge in [0.1, 0.15) is 13.2 Å². The van der Waals surface area contributed by atoms with Crippen LogP contribution in [-0.2, 0) is 22.7 Å². The second kappa shape index (κ2) is 22.0. The number of ether oxygens (including phenoxy) is 6. The summed E-state index contributed by atoms with van der Waals surface area (Å²) in [5, 5.41) is 3.41. The minimum absolute atomic E-state index is 0. The molecule has 9 heteroatoms. The van der Waals surface area contributed by atoms with E-state index in [4.69, 9.17) is 28.4 Å². The van der Waals surface area contributed by atoms with Crippen LogP contribution >= 0.6 is 0 Å². The van der Waals surface area contributed by atoms with Gasteiger partial charge < -0.3 is 33.7 Å². The first kappa shape index (κ1) is 42.2. The number of hydrogen-bond acceptors (Lipinski definition) is 9. The number of esters is 2. The summed E-state index contributed by atoms with van der Waals surface area (Å²) in [6.07, 6.45) is 15.4. The number of rotatable bonds is 14. The monoisotopic (exact) mass is 749 g/mol. The van der Waals surface area contributed by atoms with Gasteiger partial charge in [0.05, 0.1) is 39.6 Å². The van der Waals surface area contributed by atoms with Crippen molar-refractivity contribution in [3.63, 3.8) is 0 Å². The first-order valence-corrected chi connectivity index (χ1v) is 18.5. The van der Waals surface area contributed by atoms with Gasteiger partial charge in [0.25, 0.3) is 0 Å². The topological polar surface area (TPSA) is 102 Å². The maximum Gasteiger partial charge on any atom is 0.338 e. The van der Waals surface area contributed by atoms with Crippen molar-refractivity contribution in [3.05, 3.63) is 130 Å². The molecule has 0 aromatic heterocycles. The molecule has 0 spiro atoms. The third kappa shape index (κ3) is 12.2. The summed E-state index contributed by atoms with van der Waals surface area (Å²) >= 11 is 0. The molecule has 0 bridgehead atoms. The van der Waals surface area contributed by atoms with E-state index in [1.54, 1.807) is 26.4 Å². The van der Waals surface area contributed by atoms with E-state index in [9.17, 15) is 9.59 Å². The number of nitrogens with one attached hydrogen (secondary N) is 1. The van der Waals surface area contributed by atoms with Crippen LogP contribution in [0.15, 0.2) is 97.1 Å². The molecule has 55 heavy (non-hydrogen) atoms. The number of benzene rings is 4. The van der Waals surface area contributed by atoms with Gasteiger partial charge in [-0.1, -0.05) is 105 Å². The second-order valence-electron chi connectivity index (χ2n) is 13.2.